The number of Topliss-reactive ketones (excluding diaryl/α,β-unsaturated/α-hetero) is 1. The van der Waals surface area contributed by atoms with Gasteiger partial charge in [-0.15, -0.1) is 0 Å². The van der Waals surface area contributed by atoms with Gasteiger partial charge in [-0.25, -0.2) is 9.97 Å². The fourth-order valence-corrected chi connectivity index (χ4v) is 2.71. The number of hydrogen-bond acceptors (Lipinski definition) is 4. The summed E-state index contributed by atoms with van der Waals surface area (Å²) in [4.78, 5) is 23.7. The molecule has 5 nitrogen and oxygen atoms in total. The minimum atomic E-state index is 0.149. The van der Waals surface area contributed by atoms with Gasteiger partial charge in [0, 0.05) is 30.0 Å². The molecular formula is C16H14N4O. The van der Waals surface area contributed by atoms with E-state index in [0.29, 0.717) is 17.9 Å². The van der Waals surface area contributed by atoms with Crippen molar-refractivity contribution in [2.75, 3.05) is 5.32 Å². The van der Waals surface area contributed by atoms with Crippen molar-refractivity contribution in [3.05, 3.63) is 47.9 Å². The molecule has 0 radical (unpaired) electrons. The molecule has 0 saturated carbocycles. The van der Waals surface area contributed by atoms with Gasteiger partial charge in [-0.1, -0.05) is 6.07 Å². The maximum Gasteiger partial charge on any atom is 0.227 e. The molecule has 0 atom stereocenters. The maximum atomic E-state index is 11.8. The van der Waals surface area contributed by atoms with Gasteiger partial charge >= 0.3 is 0 Å². The Morgan fingerprint density at radius 2 is 2.14 bits per heavy atom. The van der Waals surface area contributed by atoms with Gasteiger partial charge in [-0.3, -0.25) is 4.79 Å². The Hall–Kier alpha value is -2.69. The molecule has 2 heterocycles. The molecule has 5 heteroatoms. The first kappa shape index (κ1) is 12.1. The van der Waals surface area contributed by atoms with Crippen molar-refractivity contribution in [1.29, 1.82) is 0 Å². The Balaban J connectivity index is 1.66. The zero-order valence-corrected chi connectivity index (χ0v) is 11.4. The van der Waals surface area contributed by atoms with Crippen molar-refractivity contribution < 1.29 is 4.79 Å². The number of hydrogen-bond donors (Lipinski definition) is 2. The lowest BCUT2D eigenvalue weighted by atomic mass is 9.96. The van der Waals surface area contributed by atoms with Gasteiger partial charge in [0.25, 0.3) is 0 Å². The second-order valence-electron chi connectivity index (χ2n) is 5.24. The highest BCUT2D eigenvalue weighted by atomic mass is 16.1. The average molecular weight is 278 g/mol. The predicted molar refractivity (Wildman–Crippen MR) is 80.9 cm³/mol. The van der Waals surface area contributed by atoms with E-state index in [2.05, 4.69) is 20.3 Å². The monoisotopic (exact) mass is 278 g/mol. The van der Waals surface area contributed by atoms with Crippen LogP contribution in [0.4, 0.5) is 11.6 Å². The molecule has 0 unspecified atom stereocenters. The largest absolute Gasteiger partial charge is 0.361 e. The second-order valence-corrected chi connectivity index (χ2v) is 5.24. The van der Waals surface area contributed by atoms with Crippen molar-refractivity contribution in [2.24, 2.45) is 0 Å². The number of fused-ring (bicyclic) bond motifs is 2. The van der Waals surface area contributed by atoms with Crippen molar-refractivity contribution >= 4 is 28.3 Å². The van der Waals surface area contributed by atoms with Crippen LogP contribution in [0.2, 0.25) is 0 Å². The highest BCUT2D eigenvalue weighted by Gasteiger charge is 2.19. The first-order valence-electron chi connectivity index (χ1n) is 7.03. The van der Waals surface area contributed by atoms with E-state index in [1.807, 2.05) is 30.5 Å². The van der Waals surface area contributed by atoms with Crippen LogP contribution in [0.5, 0.6) is 0 Å². The van der Waals surface area contributed by atoms with Gasteiger partial charge < -0.3 is 10.3 Å². The van der Waals surface area contributed by atoms with Crippen molar-refractivity contribution in [2.45, 2.75) is 19.3 Å². The third kappa shape index (κ3) is 2.16. The summed E-state index contributed by atoms with van der Waals surface area (Å²) < 4.78 is 0. The molecule has 21 heavy (non-hydrogen) atoms. The number of H-pyrrole nitrogens is 1. The summed E-state index contributed by atoms with van der Waals surface area (Å²) in [5, 5.41) is 4.36. The second kappa shape index (κ2) is 4.70. The molecule has 1 aliphatic carbocycles. The number of benzene rings is 1. The van der Waals surface area contributed by atoms with Crippen LogP contribution in [-0.2, 0) is 6.42 Å². The third-order valence-electron chi connectivity index (χ3n) is 3.80. The lowest BCUT2D eigenvalue weighted by Gasteiger charge is -2.14. The van der Waals surface area contributed by atoms with E-state index >= 15 is 0 Å². The van der Waals surface area contributed by atoms with E-state index in [0.717, 1.165) is 35.1 Å². The number of ketones is 1. The van der Waals surface area contributed by atoms with Crippen molar-refractivity contribution in [1.82, 2.24) is 15.0 Å². The van der Waals surface area contributed by atoms with Crippen LogP contribution in [0, 0.1) is 0 Å². The normalized spacial score (nSPS) is 14.2. The lowest BCUT2D eigenvalue weighted by Crippen LogP contribution is -2.14. The Morgan fingerprint density at radius 1 is 1.19 bits per heavy atom. The third-order valence-corrected chi connectivity index (χ3v) is 3.80. The molecule has 3 aromatic rings. The standard InChI is InChI=1S/C16H14N4O/c21-15-3-1-2-13-12(15)9-18-16(20-13)19-11-5-4-10-6-7-17-14(10)8-11/h4-9,17H,1-3H2,(H,18,19,20). The Morgan fingerprint density at radius 3 is 3.10 bits per heavy atom. The molecule has 0 aliphatic heterocycles. The summed E-state index contributed by atoms with van der Waals surface area (Å²) in [7, 11) is 0. The van der Waals surface area contributed by atoms with Crippen molar-refractivity contribution in [3.63, 3.8) is 0 Å². The molecule has 0 bridgehead atoms. The van der Waals surface area contributed by atoms with Gasteiger partial charge in [0.15, 0.2) is 5.78 Å². The molecule has 2 aromatic heterocycles. The number of nitrogens with zero attached hydrogens (tertiary/aromatic N) is 2. The fraction of sp³-hybridized carbons (Fsp3) is 0.188. The Kier molecular flexibility index (Phi) is 2.70. The van der Waals surface area contributed by atoms with Crippen LogP contribution in [0.15, 0.2) is 36.7 Å². The summed E-state index contributed by atoms with van der Waals surface area (Å²) >= 11 is 0. The molecule has 104 valence electrons. The van der Waals surface area contributed by atoms with Crippen LogP contribution in [0.1, 0.15) is 28.9 Å². The van der Waals surface area contributed by atoms with Gasteiger partial charge in [0.2, 0.25) is 5.95 Å². The number of nitrogens with one attached hydrogen (secondary N) is 2. The van der Waals surface area contributed by atoms with E-state index in [-0.39, 0.29) is 5.78 Å². The van der Waals surface area contributed by atoms with E-state index in [9.17, 15) is 4.79 Å². The minimum absolute atomic E-state index is 0.149. The van der Waals surface area contributed by atoms with Gasteiger partial charge in [0.1, 0.15) is 0 Å². The lowest BCUT2D eigenvalue weighted by molar-refractivity contribution is 0.0971. The summed E-state index contributed by atoms with van der Waals surface area (Å²) in [5.74, 6) is 0.685. The van der Waals surface area contributed by atoms with Crippen LogP contribution >= 0.6 is 0 Å². The van der Waals surface area contributed by atoms with Crippen molar-refractivity contribution in [3.8, 4) is 0 Å². The highest BCUT2D eigenvalue weighted by molar-refractivity contribution is 5.97. The maximum absolute atomic E-state index is 11.8. The number of carbonyl (C=O) groups is 1. The van der Waals surface area contributed by atoms with Gasteiger partial charge in [-0.05, 0) is 36.4 Å². The molecule has 1 aliphatic rings. The quantitative estimate of drug-likeness (QED) is 0.755. The smallest absolute Gasteiger partial charge is 0.227 e. The molecule has 1 aromatic carbocycles. The zero-order valence-electron chi connectivity index (χ0n) is 11.4. The summed E-state index contributed by atoms with van der Waals surface area (Å²) in [5.41, 5.74) is 3.51. The highest BCUT2D eigenvalue weighted by Crippen LogP contribution is 2.23. The van der Waals surface area contributed by atoms with Crippen LogP contribution in [0.3, 0.4) is 0 Å². The molecule has 4 rings (SSSR count). The minimum Gasteiger partial charge on any atom is -0.361 e. The number of carbonyl (C=O) groups excluding carboxylic acids is 1. The number of anilines is 2. The molecule has 0 saturated heterocycles. The zero-order chi connectivity index (χ0) is 14.2. The van der Waals surface area contributed by atoms with E-state index in [4.69, 9.17) is 0 Å². The van der Waals surface area contributed by atoms with Crippen LogP contribution < -0.4 is 5.32 Å². The van der Waals surface area contributed by atoms with Crippen LogP contribution in [-0.4, -0.2) is 20.7 Å². The average Bonchev–Trinajstić information content (AvgIpc) is 2.95. The number of aromatic amines is 1. The topological polar surface area (TPSA) is 70.7 Å². The molecule has 0 spiro atoms. The molecular weight excluding hydrogens is 264 g/mol. The number of rotatable bonds is 2. The Bertz CT molecular complexity index is 837. The fourth-order valence-electron chi connectivity index (χ4n) is 2.71. The number of aryl methyl sites for hydroxylation is 1. The molecule has 0 fully saturated rings. The molecule has 0 amide bonds. The van der Waals surface area contributed by atoms with Crippen LogP contribution in [0.25, 0.3) is 10.9 Å². The summed E-state index contributed by atoms with van der Waals surface area (Å²) in [6.07, 6.45) is 5.87. The first-order valence-corrected chi connectivity index (χ1v) is 7.03. The van der Waals surface area contributed by atoms with Gasteiger partial charge in [-0.2, -0.15) is 0 Å². The van der Waals surface area contributed by atoms with E-state index in [1.165, 1.54) is 0 Å². The first-order chi connectivity index (χ1) is 10.3. The number of aromatic nitrogens is 3. The van der Waals surface area contributed by atoms with E-state index < -0.39 is 0 Å². The molecule has 2 N–H and O–H groups in total. The summed E-state index contributed by atoms with van der Waals surface area (Å²) in [6, 6.07) is 8.07. The summed E-state index contributed by atoms with van der Waals surface area (Å²) in [6.45, 7) is 0. The van der Waals surface area contributed by atoms with E-state index in [1.54, 1.807) is 6.20 Å². The Labute approximate surface area is 121 Å². The predicted octanol–water partition coefficient (Wildman–Crippen LogP) is 3.22. The van der Waals surface area contributed by atoms with Gasteiger partial charge in [0.05, 0.1) is 11.3 Å². The SMILES string of the molecule is O=C1CCCc2nc(Nc3ccc4cc[nH]c4c3)ncc21.